The highest BCUT2D eigenvalue weighted by molar-refractivity contribution is 7.78. The van der Waals surface area contributed by atoms with Gasteiger partial charge in [0.25, 0.3) is 5.91 Å². The van der Waals surface area contributed by atoms with Crippen LogP contribution in [0.2, 0.25) is 0 Å². The highest BCUT2D eigenvalue weighted by Gasteiger charge is 2.11. The molecule has 0 aliphatic carbocycles. The van der Waals surface area contributed by atoms with E-state index in [9.17, 15) is 4.79 Å². The molecule has 1 N–H and O–H groups in total. The highest BCUT2D eigenvalue weighted by atomic mass is 32.1. The van der Waals surface area contributed by atoms with E-state index in [-0.39, 0.29) is 11.6 Å². The van der Waals surface area contributed by atoms with Gasteiger partial charge in [-0.2, -0.15) is 5.10 Å². The van der Waals surface area contributed by atoms with Crippen LogP contribution in [0, 0.1) is 0 Å². The van der Waals surface area contributed by atoms with Crippen LogP contribution in [0.1, 0.15) is 21.6 Å². The zero-order valence-corrected chi connectivity index (χ0v) is 15.7. The number of rotatable bonds is 4. The lowest BCUT2D eigenvalue weighted by Gasteiger charge is -2.09. The second-order valence-electron chi connectivity index (χ2n) is 5.72. The second kappa shape index (κ2) is 9.09. The molecule has 0 bridgehead atoms. The number of methoxy groups -OCH3 is 1. The van der Waals surface area contributed by atoms with Crippen LogP contribution in [0.15, 0.2) is 54.9 Å². The number of thiol groups is 1. The number of hydrogen-bond acceptors (Lipinski definition) is 6. The Balaban J connectivity index is 0.000000193. The van der Waals surface area contributed by atoms with Crippen LogP contribution in [0.25, 0.3) is 0 Å². The molecule has 7 nitrogen and oxygen atoms in total. The van der Waals surface area contributed by atoms with Gasteiger partial charge in [-0.05, 0) is 29.8 Å². The van der Waals surface area contributed by atoms with E-state index in [0.29, 0.717) is 12.4 Å². The van der Waals surface area contributed by atoms with Crippen molar-refractivity contribution in [1.82, 2.24) is 19.5 Å². The van der Waals surface area contributed by atoms with E-state index in [1.807, 2.05) is 30.5 Å². The van der Waals surface area contributed by atoms with Crippen molar-refractivity contribution in [3.05, 3.63) is 71.7 Å². The van der Waals surface area contributed by atoms with Gasteiger partial charge in [-0.25, -0.2) is 4.98 Å². The Labute approximate surface area is 162 Å². The molecular weight excluding hydrogens is 364 g/mol. The van der Waals surface area contributed by atoms with Gasteiger partial charge in [-0.15, -0.1) is 0 Å². The summed E-state index contributed by atoms with van der Waals surface area (Å²) in [5.74, 6) is 1.10. The van der Waals surface area contributed by atoms with E-state index < -0.39 is 0 Å². The van der Waals surface area contributed by atoms with Gasteiger partial charge in [-0.3, -0.25) is 14.2 Å². The first kappa shape index (κ1) is 18.8. The lowest BCUT2D eigenvalue weighted by atomic mass is 10.2. The van der Waals surface area contributed by atoms with Gasteiger partial charge >= 0.3 is 0 Å². The number of nitrogens with zero attached hydrogens (tertiary/aromatic N) is 3. The van der Waals surface area contributed by atoms with Gasteiger partial charge in [-0.1, -0.05) is 31.0 Å². The summed E-state index contributed by atoms with van der Waals surface area (Å²) in [5.41, 5.74) is 2.44. The third-order valence-electron chi connectivity index (χ3n) is 3.96. The number of benzene rings is 1. The van der Waals surface area contributed by atoms with Gasteiger partial charge < -0.3 is 9.47 Å². The topological polar surface area (TPSA) is 78.3 Å². The number of pyridine rings is 1. The third kappa shape index (κ3) is 4.79. The molecule has 0 atom stereocenters. The number of hydrogen-bond donors (Lipinski definition) is 2. The molecule has 0 radical (unpaired) electrons. The predicted molar refractivity (Wildman–Crippen MR) is 104 cm³/mol. The number of carbonyl (C=O) groups is 1. The molecule has 1 amide bonds. The van der Waals surface area contributed by atoms with E-state index in [0.717, 1.165) is 24.3 Å². The summed E-state index contributed by atoms with van der Waals surface area (Å²) in [5, 5.41) is 4.10. The summed E-state index contributed by atoms with van der Waals surface area (Å²) in [7, 11) is 1.51. The summed E-state index contributed by atoms with van der Waals surface area (Å²) >= 11 is 3.69. The Morgan fingerprint density at radius 2 is 2.15 bits per heavy atom. The minimum Gasteiger partial charge on any atom is -0.493 e. The van der Waals surface area contributed by atoms with Crippen molar-refractivity contribution >= 4 is 18.7 Å². The molecule has 0 saturated carbocycles. The van der Waals surface area contributed by atoms with E-state index in [2.05, 4.69) is 33.7 Å². The van der Waals surface area contributed by atoms with Crippen LogP contribution < -0.4 is 14.2 Å². The molecule has 3 heterocycles. The monoisotopic (exact) mass is 384 g/mol. The predicted octanol–water partition coefficient (Wildman–Crippen LogP) is 2.53. The largest absolute Gasteiger partial charge is 0.493 e. The van der Waals surface area contributed by atoms with Crippen LogP contribution >= 0.6 is 12.8 Å². The van der Waals surface area contributed by atoms with E-state index in [1.165, 1.54) is 12.7 Å². The number of amides is 1. The first-order valence-corrected chi connectivity index (χ1v) is 8.82. The first-order chi connectivity index (χ1) is 13.2. The third-order valence-corrected chi connectivity index (χ3v) is 4.16. The summed E-state index contributed by atoms with van der Waals surface area (Å²) < 4.78 is 14.4. The average Bonchev–Trinajstić information content (AvgIpc) is 3.39. The number of aromatic nitrogens is 3. The molecule has 0 unspecified atom stereocenters. The van der Waals surface area contributed by atoms with Crippen LogP contribution in [0.4, 0.5) is 0 Å². The molecule has 0 fully saturated rings. The maximum atomic E-state index is 11.4. The number of nitrogens with one attached hydrogen (secondary N) is 1. The van der Waals surface area contributed by atoms with Crippen molar-refractivity contribution in [3.8, 4) is 11.6 Å². The second-order valence-corrected chi connectivity index (χ2v) is 5.94. The summed E-state index contributed by atoms with van der Waals surface area (Å²) in [6.07, 6.45) is 4.62. The minimum atomic E-state index is -0.373. The van der Waals surface area contributed by atoms with Gasteiger partial charge in [0.05, 0.1) is 20.3 Å². The van der Waals surface area contributed by atoms with Crippen molar-refractivity contribution in [2.75, 3.05) is 13.7 Å². The number of para-hydroxylation sites is 1. The number of ether oxygens (including phenoxy) is 2. The quantitative estimate of drug-likeness (QED) is 0.676. The molecule has 0 saturated heterocycles. The first-order valence-electron chi connectivity index (χ1n) is 8.37. The van der Waals surface area contributed by atoms with Crippen LogP contribution in [-0.2, 0) is 13.0 Å². The number of fused-ring (bicyclic) bond motifs is 1. The molecule has 0 spiro atoms. The smallest absolute Gasteiger partial charge is 0.279 e. The fourth-order valence-electron chi connectivity index (χ4n) is 2.64. The van der Waals surface area contributed by atoms with E-state index >= 15 is 0 Å². The summed E-state index contributed by atoms with van der Waals surface area (Å²) in [6, 6.07) is 13.4. The number of carbonyl (C=O) groups excluding carboxylic acids is 1. The van der Waals surface area contributed by atoms with Crippen molar-refractivity contribution in [3.63, 3.8) is 0 Å². The normalized spacial score (nSPS) is 11.6. The summed E-state index contributed by atoms with van der Waals surface area (Å²) in [4.78, 5) is 15.5. The maximum Gasteiger partial charge on any atom is 0.279 e. The highest BCUT2D eigenvalue weighted by Crippen LogP contribution is 2.23. The zero-order chi connectivity index (χ0) is 19.1. The zero-order valence-electron chi connectivity index (χ0n) is 14.8. The lowest BCUT2D eigenvalue weighted by Crippen LogP contribution is -2.15. The van der Waals surface area contributed by atoms with Crippen LogP contribution in [0.5, 0.6) is 11.6 Å². The molecule has 3 aromatic rings. The SMILES string of the molecule is COc1nc(C(=O)NS)ccc1Cn1cccn1.c1ccc2c(c1)CCO2. The van der Waals surface area contributed by atoms with Crippen molar-refractivity contribution in [1.29, 1.82) is 0 Å². The van der Waals surface area contributed by atoms with Crippen molar-refractivity contribution < 1.29 is 14.3 Å². The molecule has 140 valence electrons. The van der Waals surface area contributed by atoms with Crippen molar-refractivity contribution in [2.24, 2.45) is 0 Å². The standard InChI is InChI=1S/C11H12N4O2S.C8H8O/c1-17-11-8(7-15-6-2-5-12-15)3-4-9(13-11)10(16)14-18;1-2-4-8-7(3-1)5-6-9-8/h2-6,18H,7H2,1H3,(H,14,16);1-4H,5-6H2. The Morgan fingerprint density at radius 1 is 1.30 bits per heavy atom. The Kier molecular flexibility index (Phi) is 6.32. The molecule has 1 aromatic carbocycles. The van der Waals surface area contributed by atoms with Crippen LogP contribution in [-0.4, -0.2) is 34.4 Å². The molecule has 2 aromatic heterocycles. The van der Waals surface area contributed by atoms with Gasteiger partial charge in [0, 0.05) is 24.4 Å². The minimum absolute atomic E-state index is 0.256. The van der Waals surface area contributed by atoms with E-state index in [4.69, 9.17) is 9.47 Å². The Morgan fingerprint density at radius 3 is 2.85 bits per heavy atom. The molecule has 27 heavy (non-hydrogen) atoms. The van der Waals surface area contributed by atoms with Crippen LogP contribution in [0.3, 0.4) is 0 Å². The molecular formula is C19H20N4O3S. The van der Waals surface area contributed by atoms with Gasteiger partial charge in [0.15, 0.2) is 0 Å². The fraction of sp³-hybridized carbons (Fsp3) is 0.211. The summed E-state index contributed by atoms with van der Waals surface area (Å²) in [6.45, 7) is 1.39. The maximum absolute atomic E-state index is 11.4. The molecule has 1 aliphatic rings. The molecule has 4 rings (SSSR count). The molecule has 8 heteroatoms. The van der Waals surface area contributed by atoms with Gasteiger partial charge in [0.1, 0.15) is 11.4 Å². The van der Waals surface area contributed by atoms with Gasteiger partial charge in [0.2, 0.25) is 5.88 Å². The van der Waals surface area contributed by atoms with E-state index in [1.54, 1.807) is 23.0 Å². The molecule has 1 aliphatic heterocycles. The average molecular weight is 384 g/mol. The van der Waals surface area contributed by atoms with Crippen molar-refractivity contribution in [2.45, 2.75) is 13.0 Å². The fourth-order valence-corrected chi connectivity index (χ4v) is 2.76. The Bertz CT molecular complexity index is 877. The Hall–Kier alpha value is -3.00. The lowest BCUT2D eigenvalue weighted by molar-refractivity contribution is 0.0979.